The predicted molar refractivity (Wildman–Crippen MR) is 64.9 cm³/mol. The fraction of sp³-hybridized carbons (Fsp3) is 0.833. The lowest BCUT2D eigenvalue weighted by atomic mass is 10.2. The Bertz CT molecular complexity index is 293. The van der Waals surface area contributed by atoms with Crippen molar-refractivity contribution in [1.29, 1.82) is 0 Å². The Morgan fingerprint density at radius 3 is 2.59 bits per heavy atom. The van der Waals surface area contributed by atoms with Crippen LogP contribution in [0.2, 0.25) is 0 Å². The molecule has 1 heterocycles. The molecule has 17 heavy (non-hydrogen) atoms. The third-order valence-electron chi connectivity index (χ3n) is 3.49. The molecule has 2 amide bonds. The number of hydrogen-bond acceptors (Lipinski definition) is 2. The molecule has 1 fully saturated rings. The fourth-order valence-electron chi connectivity index (χ4n) is 2.27. The van der Waals surface area contributed by atoms with Crippen molar-refractivity contribution < 1.29 is 14.7 Å². The normalized spacial score (nSPS) is 21.4. The van der Waals surface area contributed by atoms with Crippen LogP contribution in [0.5, 0.6) is 0 Å². The molecule has 0 radical (unpaired) electrons. The molecule has 0 aromatic heterocycles. The van der Waals surface area contributed by atoms with E-state index in [1.807, 2.05) is 20.8 Å². The SMILES string of the molecule is CCC(C)N(CC)C(=O)N1CCC[C@H]1C(=O)O. The number of aliphatic carboxylic acids is 1. The first-order valence-corrected chi connectivity index (χ1v) is 6.32. The van der Waals surface area contributed by atoms with E-state index >= 15 is 0 Å². The number of rotatable bonds is 4. The summed E-state index contributed by atoms with van der Waals surface area (Å²) in [5.74, 6) is -0.893. The van der Waals surface area contributed by atoms with Gasteiger partial charge in [0.25, 0.3) is 0 Å². The van der Waals surface area contributed by atoms with Gasteiger partial charge in [-0.2, -0.15) is 0 Å². The zero-order valence-electron chi connectivity index (χ0n) is 10.8. The first-order valence-electron chi connectivity index (χ1n) is 6.32. The summed E-state index contributed by atoms with van der Waals surface area (Å²) in [6.45, 7) is 7.13. The van der Waals surface area contributed by atoms with Gasteiger partial charge in [-0.05, 0) is 33.1 Å². The summed E-state index contributed by atoms with van der Waals surface area (Å²) in [6, 6.07) is -0.616. The summed E-state index contributed by atoms with van der Waals surface area (Å²) in [6.07, 6.45) is 2.23. The quantitative estimate of drug-likeness (QED) is 0.817. The maximum atomic E-state index is 12.3. The highest BCUT2D eigenvalue weighted by Crippen LogP contribution is 2.20. The van der Waals surface area contributed by atoms with Crippen molar-refractivity contribution in [3.05, 3.63) is 0 Å². The van der Waals surface area contributed by atoms with Gasteiger partial charge in [0.15, 0.2) is 0 Å². The molecule has 1 saturated heterocycles. The summed E-state index contributed by atoms with van der Waals surface area (Å²) in [4.78, 5) is 26.6. The number of carbonyl (C=O) groups is 2. The van der Waals surface area contributed by atoms with E-state index in [1.165, 1.54) is 4.90 Å². The first kappa shape index (κ1) is 13.8. The van der Waals surface area contributed by atoms with Crippen LogP contribution in [-0.2, 0) is 4.79 Å². The lowest BCUT2D eigenvalue weighted by molar-refractivity contribution is -0.141. The van der Waals surface area contributed by atoms with Crippen molar-refractivity contribution in [2.45, 2.75) is 52.1 Å². The second kappa shape index (κ2) is 5.89. The molecule has 0 aromatic carbocycles. The molecule has 0 aliphatic carbocycles. The lowest BCUT2D eigenvalue weighted by Crippen LogP contribution is -2.50. The van der Waals surface area contributed by atoms with E-state index < -0.39 is 12.0 Å². The molecule has 0 spiro atoms. The van der Waals surface area contributed by atoms with E-state index in [4.69, 9.17) is 5.11 Å². The van der Waals surface area contributed by atoms with Gasteiger partial charge in [-0.25, -0.2) is 9.59 Å². The number of hydrogen-bond donors (Lipinski definition) is 1. The monoisotopic (exact) mass is 242 g/mol. The van der Waals surface area contributed by atoms with Gasteiger partial charge >= 0.3 is 12.0 Å². The number of nitrogens with zero attached hydrogens (tertiary/aromatic N) is 2. The van der Waals surface area contributed by atoms with Gasteiger partial charge in [-0.15, -0.1) is 0 Å². The second-order valence-corrected chi connectivity index (χ2v) is 4.52. The predicted octanol–water partition coefficient (Wildman–Crippen LogP) is 1.78. The molecule has 1 N–H and O–H groups in total. The Morgan fingerprint density at radius 1 is 1.47 bits per heavy atom. The van der Waals surface area contributed by atoms with E-state index in [-0.39, 0.29) is 12.1 Å². The number of likely N-dealkylation sites (tertiary alicyclic amines) is 1. The zero-order valence-corrected chi connectivity index (χ0v) is 10.8. The van der Waals surface area contributed by atoms with Gasteiger partial charge in [0.1, 0.15) is 6.04 Å². The number of urea groups is 1. The van der Waals surface area contributed by atoms with Crippen LogP contribution in [0.15, 0.2) is 0 Å². The number of carbonyl (C=O) groups excluding carboxylic acids is 1. The summed E-state index contributed by atoms with van der Waals surface area (Å²) in [5, 5.41) is 9.07. The van der Waals surface area contributed by atoms with Gasteiger partial charge in [-0.1, -0.05) is 6.92 Å². The van der Waals surface area contributed by atoms with Crippen molar-refractivity contribution >= 4 is 12.0 Å². The van der Waals surface area contributed by atoms with Crippen molar-refractivity contribution in [3.8, 4) is 0 Å². The molecular weight excluding hydrogens is 220 g/mol. The molecule has 1 unspecified atom stereocenters. The molecule has 5 heteroatoms. The molecule has 1 aliphatic rings. The highest BCUT2D eigenvalue weighted by atomic mass is 16.4. The maximum Gasteiger partial charge on any atom is 0.326 e. The van der Waals surface area contributed by atoms with E-state index in [9.17, 15) is 9.59 Å². The average molecular weight is 242 g/mol. The molecule has 5 nitrogen and oxygen atoms in total. The zero-order chi connectivity index (χ0) is 13.0. The van der Waals surface area contributed by atoms with Crippen LogP contribution in [0.1, 0.15) is 40.0 Å². The molecule has 98 valence electrons. The standard InChI is InChI=1S/C12H22N2O3/c1-4-9(3)13(5-2)12(17)14-8-6-7-10(14)11(15)16/h9-10H,4-8H2,1-3H3,(H,15,16)/t9?,10-/m0/s1. The largest absolute Gasteiger partial charge is 0.480 e. The Kier molecular flexibility index (Phi) is 4.78. The Balaban J connectivity index is 2.76. The van der Waals surface area contributed by atoms with Crippen LogP contribution >= 0.6 is 0 Å². The van der Waals surface area contributed by atoms with Crippen LogP contribution in [0.3, 0.4) is 0 Å². The Morgan fingerprint density at radius 2 is 2.12 bits per heavy atom. The van der Waals surface area contributed by atoms with Crippen molar-refractivity contribution in [2.24, 2.45) is 0 Å². The average Bonchev–Trinajstić information content (AvgIpc) is 2.78. The van der Waals surface area contributed by atoms with Crippen molar-refractivity contribution in [3.63, 3.8) is 0 Å². The molecule has 1 rings (SSSR count). The topological polar surface area (TPSA) is 60.9 Å². The number of amides is 2. The molecular formula is C12H22N2O3. The third kappa shape index (κ3) is 2.90. The highest BCUT2D eigenvalue weighted by Gasteiger charge is 2.36. The molecule has 1 aliphatic heterocycles. The smallest absolute Gasteiger partial charge is 0.326 e. The van der Waals surface area contributed by atoms with Crippen LogP contribution in [0, 0.1) is 0 Å². The summed E-state index contributed by atoms with van der Waals surface area (Å²) in [5.41, 5.74) is 0. The molecule has 0 aromatic rings. The van der Waals surface area contributed by atoms with Crippen molar-refractivity contribution in [2.75, 3.05) is 13.1 Å². The van der Waals surface area contributed by atoms with E-state index in [1.54, 1.807) is 4.90 Å². The minimum atomic E-state index is -0.893. The van der Waals surface area contributed by atoms with Crippen molar-refractivity contribution in [1.82, 2.24) is 9.80 Å². The Labute approximate surface area is 102 Å². The van der Waals surface area contributed by atoms with Gasteiger partial charge < -0.3 is 14.9 Å². The fourth-order valence-corrected chi connectivity index (χ4v) is 2.27. The van der Waals surface area contributed by atoms with E-state index in [0.29, 0.717) is 19.5 Å². The highest BCUT2D eigenvalue weighted by molar-refractivity contribution is 5.83. The maximum absolute atomic E-state index is 12.3. The van der Waals surface area contributed by atoms with Crippen LogP contribution in [0.4, 0.5) is 4.79 Å². The molecule has 0 saturated carbocycles. The second-order valence-electron chi connectivity index (χ2n) is 4.52. The number of carboxylic acids is 1. The van der Waals surface area contributed by atoms with Crippen LogP contribution in [-0.4, -0.2) is 52.1 Å². The lowest BCUT2D eigenvalue weighted by Gasteiger charge is -2.33. The summed E-state index contributed by atoms with van der Waals surface area (Å²) in [7, 11) is 0. The molecule has 0 bridgehead atoms. The van der Waals surface area contributed by atoms with Gasteiger partial charge in [-0.3, -0.25) is 0 Å². The minimum absolute atomic E-state index is 0.133. The van der Waals surface area contributed by atoms with E-state index in [0.717, 1.165) is 12.8 Å². The van der Waals surface area contributed by atoms with Crippen LogP contribution < -0.4 is 0 Å². The minimum Gasteiger partial charge on any atom is -0.480 e. The first-order chi connectivity index (χ1) is 8.02. The molecule has 2 atom stereocenters. The third-order valence-corrected chi connectivity index (χ3v) is 3.49. The van der Waals surface area contributed by atoms with E-state index in [2.05, 4.69) is 0 Å². The van der Waals surface area contributed by atoms with Gasteiger partial charge in [0.05, 0.1) is 0 Å². The number of carboxylic acid groups (broad SMARTS) is 1. The summed E-state index contributed by atoms with van der Waals surface area (Å²) >= 11 is 0. The Hall–Kier alpha value is -1.26. The van der Waals surface area contributed by atoms with Gasteiger partial charge in [0, 0.05) is 19.1 Å². The van der Waals surface area contributed by atoms with Gasteiger partial charge in [0.2, 0.25) is 0 Å². The summed E-state index contributed by atoms with van der Waals surface area (Å²) < 4.78 is 0. The van der Waals surface area contributed by atoms with Crippen LogP contribution in [0.25, 0.3) is 0 Å².